The van der Waals surface area contributed by atoms with Gasteiger partial charge in [0.25, 0.3) is 0 Å². The average Bonchev–Trinajstić information content (AvgIpc) is 2.70. The number of nitrogens with two attached hydrogens (primary N) is 1. The number of hydrogen-bond donors (Lipinski definition) is 1. The van der Waals surface area contributed by atoms with Crippen molar-refractivity contribution < 1.29 is 22.7 Å². The summed E-state index contributed by atoms with van der Waals surface area (Å²) in [5, 5.41) is 0. The van der Waals surface area contributed by atoms with Crippen molar-refractivity contribution in [1.29, 1.82) is 0 Å². The summed E-state index contributed by atoms with van der Waals surface area (Å²) in [7, 11) is 0. The molecule has 6 heteroatoms. The predicted octanol–water partition coefficient (Wildman–Crippen LogP) is 7.66. The lowest BCUT2D eigenvalue weighted by molar-refractivity contribution is -0.138. The van der Waals surface area contributed by atoms with E-state index in [4.69, 9.17) is 10.5 Å². The fourth-order valence-electron chi connectivity index (χ4n) is 3.55. The maximum Gasteiger partial charge on any atom is 0.417 e. The van der Waals surface area contributed by atoms with Crippen LogP contribution in [0.2, 0.25) is 0 Å². The van der Waals surface area contributed by atoms with Crippen LogP contribution in [0.4, 0.5) is 13.2 Å². The molecule has 0 fully saturated rings. The third-order valence-corrected chi connectivity index (χ3v) is 5.33. The number of alkyl halides is 3. The Balaban J connectivity index is 2.07. The molecule has 0 saturated carbocycles. The predicted molar refractivity (Wildman–Crippen MR) is 116 cm³/mol. The van der Waals surface area contributed by atoms with E-state index in [2.05, 4.69) is 6.92 Å². The van der Waals surface area contributed by atoms with E-state index >= 15 is 0 Å². The van der Waals surface area contributed by atoms with Crippen molar-refractivity contribution in [3.8, 4) is 5.75 Å². The van der Waals surface area contributed by atoms with E-state index in [9.17, 15) is 18.0 Å². The zero-order valence-corrected chi connectivity index (χ0v) is 18.4. The number of unbranched alkanes of at least 4 members (excludes halogenated alkanes) is 13. The molecule has 172 valence electrons. The highest BCUT2D eigenvalue weighted by molar-refractivity contribution is 5.94. The van der Waals surface area contributed by atoms with Gasteiger partial charge in [-0.1, -0.05) is 90.4 Å². The molecule has 1 aromatic carbocycles. The van der Waals surface area contributed by atoms with E-state index in [-0.39, 0.29) is 5.75 Å². The molecule has 0 heterocycles. The van der Waals surface area contributed by atoms with Crippen LogP contribution < -0.4 is 10.5 Å². The van der Waals surface area contributed by atoms with Gasteiger partial charge >= 0.3 is 6.18 Å². The van der Waals surface area contributed by atoms with Crippen molar-refractivity contribution in [3.63, 3.8) is 0 Å². The maximum absolute atomic E-state index is 13.0. The summed E-state index contributed by atoms with van der Waals surface area (Å²) in [5.74, 6) is -0.983. The maximum atomic E-state index is 13.0. The van der Waals surface area contributed by atoms with Crippen LogP contribution in [-0.4, -0.2) is 12.5 Å². The van der Waals surface area contributed by atoms with Gasteiger partial charge in [0, 0.05) is 0 Å². The van der Waals surface area contributed by atoms with Crippen molar-refractivity contribution in [3.05, 3.63) is 29.3 Å². The van der Waals surface area contributed by atoms with E-state index in [0.29, 0.717) is 6.61 Å². The molecule has 3 nitrogen and oxygen atoms in total. The van der Waals surface area contributed by atoms with E-state index in [1.165, 1.54) is 76.7 Å². The third-order valence-electron chi connectivity index (χ3n) is 5.33. The SMILES string of the molecule is CCCCCCCCCCCCCCCCOc1ccc(C(N)=O)c(C(F)(F)F)c1. The quantitative estimate of drug-likeness (QED) is 0.258. The van der Waals surface area contributed by atoms with Crippen LogP contribution in [0, 0.1) is 0 Å². The minimum absolute atomic E-state index is 0.113. The molecule has 0 aliphatic carbocycles. The Morgan fingerprint density at radius 2 is 1.30 bits per heavy atom. The molecule has 0 aromatic heterocycles. The normalized spacial score (nSPS) is 11.6. The number of ether oxygens (including phenoxy) is 1. The molecule has 0 aliphatic heterocycles. The second-order valence-corrected chi connectivity index (χ2v) is 8.01. The average molecular weight is 430 g/mol. The molecule has 2 N–H and O–H groups in total. The van der Waals surface area contributed by atoms with Gasteiger partial charge in [0.2, 0.25) is 5.91 Å². The van der Waals surface area contributed by atoms with Crippen LogP contribution in [0.5, 0.6) is 5.75 Å². The van der Waals surface area contributed by atoms with Gasteiger partial charge in [-0.05, 0) is 24.6 Å². The van der Waals surface area contributed by atoms with Crippen LogP contribution >= 0.6 is 0 Å². The molecular weight excluding hydrogens is 391 g/mol. The van der Waals surface area contributed by atoms with Crippen LogP contribution in [0.25, 0.3) is 0 Å². The van der Waals surface area contributed by atoms with Crippen molar-refractivity contribution in [2.75, 3.05) is 6.61 Å². The molecule has 1 aromatic rings. The highest BCUT2D eigenvalue weighted by Gasteiger charge is 2.35. The molecule has 1 rings (SSSR count). The third kappa shape index (κ3) is 11.5. The number of rotatable bonds is 17. The molecular formula is C24H38F3NO2. The van der Waals surface area contributed by atoms with Gasteiger partial charge in [0.05, 0.1) is 17.7 Å². The number of hydrogen-bond acceptors (Lipinski definition) is 2. The first-order valence-corrected chi connectivity index (χ1v) is 11.5. The van der Waals surface area contributed by atoms with Crippen molar-refractivity contribution >= 4 is 5.91 Å². The van der Waals surface area contributed by atoms with Gasteiger partial charge < -0.3 is 10.5 Å². The summed E-state index contributed by atoms with van der Waals surface area (Å²) in [4.78, 5) is 11.2. The second kappa shape index (κ2) is 15.1. The highest BCUT2D eigenvalue weighted by Crippen LogP contribution is 2.34. The van der Waals surface area contributed by atoms with Crippen LogP contribution in [0.1, 0.15) is 113 Å². The Bertz CT molecular complexity index is 603. The van der Waals surface area contributed by atoms with E-state index in [0.717, 1.165) is 31.4 Å². The number of carbonyl (C=O) groups is 1. The number of carbonyl (C=O) groups excluding carboxylic acids is 1. The first kappa shape index (κ1) is 26.3. The van der Waals surface area contributed by atoms with Crippen LogP contribution in [-0.2, 0) is 6.18 Å². The summed E-state index contributed by atoms with van der Waals surface area (Å²) in [6.45, 7) is 2.61. The molecule has 0 saturated heterocycles. The lowest BCUT2D eigenvalue weighted by Gasteiger charge is -2.13. The summed E-state index contributed by atoms with van der Waals surface area (Å²) < 4.78 is 44.6. The van der Waals surface area contributed by atoms with Crippen LogP contribution in [0.15, 0.2) is 18.2 Å². The Hall–Kier alpha value is -1.72. The van der Waals surface area contributed by atoms with Gasteiger partial charge in [-0.15, -0.1) is 0 Å². The van der Waals surface area contributed by atoms with E-state index in [1.54, 1.807) is 0 Å². The minimum atomic E-state index is -4.64. The van der Waals surface area contributed by atoms with Gasteiger partial charge in [-0.25, -0.2) is 0 Å². The Kier molecular flexibility index (Phi) is 13.3. The molecule has 0 aliphatic rings. The smallest absolute Gasteiger partial charge is 0.417 e. The topological polar surface area (TPSA) is 52.3 Å². The lowest BCUT2D eigenvalue weighted by Crippen LogP contribution is -2.18. The van der Waals surface area contributed by atoms with E-state index < -0.39 is 23.2 Å². The first-order valence-electron chi connectivity index (χ1n) is 11.5. The zero-order valence-electron chi connectivity index (χ0n) is 18.4. The fraction of sp³-hybridized carbons (Fsp3) is 0.708. The molecule has 30 heavy (non-hydrogen) atoms. The van der Waals surface area contributed by atoms with Gasteiger partial charge in [-0.3, -0.25) is 4.79 Å². The minimum Gasteiger partial charge on any atom is -0.494 e. The first-order chi connectivity index (χ1) is 14.4. The summed E-state index contributed by atoms with van der Waals surface area (Å²) in [6, 6.07) is 3.29. The number of primary amides is 1. The molecule has 0 bridgehead atoms. The molecule has 0 radical (unpaired) electrons. The monoisotopic (exact) mass is 429 g/mol. The summed E-state index contributed by atoms with van der Waals surface area (Å²) in [6.07, 6.45) is 12.8. The Morgan fingerprint density at radius 1 is 0.833 bits per heavy atom. The Morgan fingerprint density at radius 3 is 1.73 bits per heavy atom. The molecule has 0 atom stereocenters. The van der Waals surface area contributed by atoms with Crippen molar-refractivity contribution in [1.82, 2.24) is 0 Å². The summed E-state index contributed by atoms with van der Waals surface area (Å²) in [5.41, 5.74) is 3.43. The fourth-order valence-corrected chi connectivity index (χ4v) is 3.55. The zero-order chi connectivity index (χ0) is 22.2. The second-order valence-electron chi connectivity index (χ2n) is 8.01. The molecule has 1 amide bonds. The van der Waals surface area contributed by atoms with Gasteiger partial charge in [-0.2, -0.15) is 13.2 Å². The van der Waals surface area contributed by atoms with Crippen LogP contribution in [0.3, 0.4) is 0 Å². The molecule has 0 spiro atoms. The number of amides is 1. The van der Waals surface area contributed by atoms with Gasteiger partial charge in [0.15, 0.2) is 0 Å². The van der Waals surface area contributed by atoms with E-state index in [1.807, 2.05) is 0 Å². The number of halogens is 3. The highest BCUT2D eigenvalue weighted by atomic mass is 19.4. The molecule has 0 unspecified atom stereocenters. The lowest BCUT2D eigenvalue weighted by atomic mass is 10.0. The largest absolute Gasteiger partial charge is 0.494 e. The van der Waals surface area contributed by atoms with Gasteiger partial charge in [0.1, 0.15) is 5.75 Å². The standard InChI is InChI=1S/C24H38F3NO2/c1-2-3-4-5-6-7-8-9-10-11-12-13-14-15-18-30-20-16-17-21(23(28)29)22(19-20)24(25,26)27/h16-17,19H,2-15,18H2,1H3,(H2,28,29). The Labute approximate surface area is 179 Å². The number of benzene rings is 1. The summed E-state index contributed by atoms with van der Waals surface area (Å²) >= 11 is 0. The van der Waals surface area contributed by atoms with Crippen molar-refractivity contribution in [2.45, 2.75) is 103 Å². The van der Waals surface area contributed by atoms with Crippen molar-refractivity contribution in [2.24, 2.45) is 5.73 Å².